The fourth-order valence-corrected chi connectivity index (χ4v) is 3.36. The molecule has 0 atom stereocenters. The van der Waals surface area contributed by atoms with Crippen LogP contribution in [0, 0.1) is 5.41 Å². The maximum absolute atomic E-state index is 9.75. The third-order valence-corrected chi connectivity index (χ3v) is 3.89. The van der Waals surface area contributed by atoms with E-state index in [0.29, 0.717) is 5.41 Å². The average molecular weight is 211 g/mol. The van der Waals surface area contributed by atoms with Crippen molar-refractivity contribution in [1.29, 1.82) is 0 Å². The molecule has 0 unspecified atom stereocenters. The number of hydrogen-bond donors (Lipinski definition) is 1. The first kappa shape index (κ1) is 11.4. The Balaban J connectivity index is 1.80. The minimum Gasteiger partial charge on any atom is -0.389 e. The minimum atomic E-state index is -0.521. The Morgan fingerprint density at radius 3 is 2.07 bits per heavy atom. The van der Waals surface area contributed by atoms with E-state index in [2.05, 4.69) is 4.90 Å². The van der Waals surface area contributed by atoms with Crippen molar-refractivity contribution in [3.05, 3.63) is 0 Å². The molecule has 1 saturated carbocycles. The van der Waals surface area contributed by atoms with Gasteiger partial charge in [0.05, 0.1) is 5.60 Å². The van der Waals surface area contributed by atoms with Crippen LogP contribution in [0.2, 0.25) is 0 Å². The first-order valence-corrected chi connectivity index (χ1v) is 6.44. The van der Waals surface area contributed by atoms with Crippen LogP contribution in [0.15, 0.2) is 0 Å². The zero-order chi connectivity index (χ0) is 10.9. The van der Waals surface area contributed by atoms with Crippen LogP contribution in [0.4, 0.5) is 0 Å². The third-order valence-electron chi connectivity index (χ3n) is 3.89. The van der Waals surface area contributed by atoms with Crippen molar-refractivity contribution >= 4 is 0 Å². The van der Waals surface area contributed by atoms with E-state index >= 15 is 0 Å². The largest absolute Gasteiger partial charge is 0.389 e. The molecule has 1 spiro atoms. The fourth-order valence-electron chi connectivity index (χ4n) is 3.36. The van der Waals surface area contributed by atoms with Crippen molar-refractivity contribution < 1.29 is 5.11 Å². The first-order valence-electron chi connectivity index (χ1n) is 6.44. The van der Waals surface area contributed by atoms with Crippen molar-refractivity contribution in [2.45, 2.75) is 58.0 Å². The van der Waals surface area contributed by atoms with Gasteiger partial charge in [-0.1, -0.05) is 25.7 Å². The number of nitrogens with zero attached hydrogens (tertiary/aromatic N) is 1. The molecule has 2 aliphatic rings. The Labute approximate surface area is 93.7 Å². The van der Waals surface area contributed by atoms with Crippen LogP contribution >= 0.6 is 0 Å². The summed E-state index contributed by atoms with van der Waals surface area (Å²) in [6, 6.07) is 0. The molecule has 0 amide bonds. The molecule has 1 aliphatic carbocycles. The first-order chi connectivity index (χ1) is 6.99. The summed E-state index contributed by atoms with van der Waals surface area (Å²) in [7, 11) is 0. The Kier molecular flexibility index (Phi) is 3.09. The van der Waals surface area contributed by atoms with Crippen molar-refractivity contribution in [2.24, 2.45) is 5.41 Å². The number of likely N-dealkylation sites (tertiary alicyclic amines) is 1. The van der Waals surface area contributed by atoms with Crippen molar-refractivity contribution in [1.82, 2.24) is 4.90 Å². The average Bonchev–Trinajstić information content (AvgIpc) is 2.25. The molecule has 0 aromatic rings. The van der Waals surface area contributed by atoms with Crippen LogP contribution in [0.25, 0.3) is 0 Å². The van der Waals surface area contributed by atoms with Crippen molar-refractivity contribution in [3.8, 4) is 0 Å². The molecule has 15 heavy (non-hydrogen) atoms. The predicted octanol–water partition coefficient (Wildman–Crippen LogP) is 2.41. The Morgan fingerprint density at radius 1 is 1.07 bits per heavy atom. The molecule has 1 N–H and O–H groups in total. The normalized spacial score (nSPS) is 27.4. The quantitative estimate of drug-likeness (QED) is 0.758. The summed E-state index contributed by atoms with van der Waals surface area (Å²) in [6.45, 7) is 7.12. The van der Waals surface area contributed by atoms with Crippen molar-refractivity contribution in [2.75, 3.05) is 19.6 Å². The molecule has 1 aliphatic heterocycles. The summed E-state index contributed by atoms with van der Waals surface area (Å²) < 4.78 is 0. The highest BCUT2D eigenvalue weighted by Gasteiger charge is 2.43. The maximum Gasteiger partial charge on any atom is 0.0718 e. The monoisotopic (exact) mass is 211 g/mol. The van der Waals surface area contributed by atoms with Gasteiger partial charge >= 0.3 is 0 Å². The standard InChI is InChI=1S/C13H25NO/c1-12(2,15)9-14-10-13(11-14)7-5-3-4-6-8-13/h15H,3-11H2,1-2H3. The zero-order valence-electron chi connectivity index (χ0n) is 10.3. The van der Waals surface area contributed by atoms with E-state index in [1.165, 1.54) is 51.6 Å². The summed E-state index contributed by atoms with van der Waals surface area (Å²) >= 11 is 0. The summed E-state index contributed by atoms with van der Waals surface area (Å²) in [5.74, 6) is 0. The Bertz CT molecular complexity index is 203. The number of aliphatic hydroxyl groups is 1. The molecule has 0 aromatic carbocycles. The second kappa shape index (κ2) is 4.06. The van der Waals surface area contributed by atoms with Crippen LogP contribution in [-0.2, 0) is 0 Å². The molecule has 2 rings (SSSR count). The molecule has 0 radical (unpaired) electrons. The summed E-state index contributed by atoms with van der Waals surface area (Å²) in [5, 5.41) is 9.75. The van der Waals surface area contributed by atoms with Crippen LogP contribution in [0.3, 0.4) is 0 Å². The van der Waals surface area contributed by atoms with E-state index in [1.807, 2.05) is 13.8 Å². The Morgan fingerprint density at radius 2 is 1.60 bits per heavy atom. The van der Waals surface area contributed by atoms with Crippen LogP contribution in [0.1, 0.15) is 52.4 Å². The number of β-amino-alcohol motifs (C(OH)–C–C–N with tert-alkyl or cyclic N) is 1. The molecule has 0 aromatic heterocycles. The van der Waals surface area contributed by atoms with E-state index in [9.17, 15) is 5.11 Å². The van der Waals surface area contributed by atoms with E-state index in [0.717, 1.165) is 6.54 Å². The van der Waals surface area contributed by atoms with Gasteiger partial charge in [-0.05, 0) is 32.1 Å². The molecule has 0 bridgehead atoms. The lowest BCUT2D eigenvalue weighted by Crippen LogP contribution is -2.59. The summed E-state index contributed by atoms with van der Waals surface area (Å²) in [4.78, 5) is 2.42. The summed E-state index contributed by atoms with van der Waals surface area (Å²) in [5.41, 5.74) is 0.119. The van der Waals surface area contributed by atoms with Crippen LogP contribution in [0.5, 0.6) is 0 Å². The zero-order valence-corrected chi connectivity index (χ0v) is 10.3. The van der Waals surface area contributed by atoms with Gasteiger partial charge < -0.3 is 5.11 Å². The molecular weight excluding hydrogens is 186 g/mol. The lowest BCUT2D eigenvalue weighted by molar-refractivity contribution is -0.0606. The second-order valence-corrected chi connectivity index (χ2v) is 6.37. The minimum absolute atomic E-state index is 0.521. The molecule has 1 saturated heterocycles. The smallest absolute Gasteiger partial charge is 0.0718 e. The van der Waals surface area contributed by atoms with Gasteiger partial charge in [0.1, 0.15) is 0 Å². The van der Waals surface area contributed by atoms with Gasteiger partial charge in [-0.25, -0.2) is 0 Å². The molecule has 2 heteroatoms. The lowest BCUT2D eigenvalue weighted by atomic mass is 9.73. The molecule has 2 nitrogen and oxygen atoms in total. The van der Waals surface area contributed by atoms with Gasteiger partial charge in [0, 0.05) is 19.6 Å². The lowest BCUT2D eigenvalue weighted by Gasteiger charge is -2.52. The van der Waals surface area contributed by atoms with Crippen molar-refractivity contribution in [3.63, 3.8) is 0 Å². The molecule has 88 valence electrons. The van der Waals surface area contributed by atoms with Gasteiger partial charge in [0.15, 0.2) is 0 Å². The van der Waals surface area contributed by atoms with Gasteiger partial charge in [0.25, 0.3) is 0 Å². The van der Waals surface area contributed by atoms with E-state index in [1.54, 1.807) is 0 Å². The second-order valence-electron chi connectivity index (χ2n) is 6.37. The fraction of sp³-hybridized carbons (Fsp3) is 1.00. The highest BCUT2D eigenvalue weighted by molar-refractivity contribution is 4.97. The molecular formula is C13H25NO. The van der Waals surface area contributed by atoms with Gasteiger partial charge in [-0.15, -0.1) is 0 Å². The number of rotatable bonds is 2. The highest BCUT2D eigenvalue weighted by Crippen LogP contribution is 2.42. The van der Waals surface area contributed by atoms with E-state index < -0.39 is 5.60 Å². The SMILES string of the molecule is CC(C)(O)CN1CC2(CCCCCC2)C1. The summed E-state index contributed by atoms with van der Waals surface area (Å²) in [6.07, 6.45) is 8.58. The molecule has 1 heterocycles. The van der Waals surface area contributed by atoms with Gasteiger partial charge in [-0.3, -0.25) is 4.90 Å². The van der Waals surface area contributed by atoms with Gasteiger partial charge in [-0.2, -0.15) is 0 Å². The van der Waals surface area contributed by atoms with Crippen LogP contribution in [-0.4, -0.2) is 35.2 Å². The van der Waals surface area contributed by atoms with E-state index in [4.69, 9.17) is 0 Å². The predicted molar refractivity (Wildman–Crippen MR) is 62.9 cm³/mol. The Hall–Kier alpha value is -0.0800. The maximum atomic E-state index is 9.75. The highest BCUT2D eigenvalue weighted by atomic mass is 16.3. The number of hydrogen-bond acceptors (Lipinski definition) is 2. The van der Waals surface area contributed by atoms with E-state index in [-0.39, 0.29) is 0 Å². The van der Waals surface area contributed by atoms with Crippen LogP contribution < -0.4 is 0 Å². The topological polar surface area (TPSA) is 23.5 Å². The molecule has 2 fully saturated rings. The van der Waals surface area contributed by atoms with Gasteiger partial charge in [0.2, 0.25) is 0 Å². The third kappa shape index (κ3) is 2.94.